The van der Waals surface area contributed by atoms with Crippen LogP contribution < -0.4 is 5.56 Å². The van der Waals surface area contributed by atoms with Crippen LogP contribution in [0.1, 0.15) is 5.56 Å². The lowest BCUT2D eigenvalue weighted by Crippen LogP contribution is -2.22. The summed E-state index contributed by atoms with van der Waals surface area (Å²) in [6, 6.07) is 11.1. The standard InChI is InChI=1S/C18H14F2N2OS/c1-2-10-22-17(23)13-7-3-4-9-15(13)21-18(22)24-11-12-6-5-8-14(19)16(12)20/h2-9H,1,10-11H2. The fourth-order valence-electron chi connectivity index (χ4n) is 2.35. The number of allylic oxidation sites excluding steroid dienone is 1. The van der Waals surface area contributed by atoms with Crippen LogP contribution in [-0.2, 0) is 12.3 Å². The minimum Gasteiger partial charge on any atom is -0.283 e. The van der Waals surface area contributed by atoms with Crippen molar-refractivity contribution in [1.82, 2.24) is 9.55 Å². The molecule has 2 aromatic carbocycles. The molecule has 3 rings (SSSR count). The van der Waals surface area contributed by atoms with Gasteiger partial charge in [-0.3, -0.25) is 9.36 Å². The molecule has 0 saturated heterocycles. The lowest BCUT2D eigenvalue weighted by molar-refractivity contribution is 0.502. The van der Waals surface area contributed by atoms with Crippen molar-refractivity contribution in [3.63, 3.8) is 0 Å². The maximum absolute atomic E-state index is 13.8. The maximum Gasteiger partial charge on any atom is 0.262 e. The van der Waals surface area contributed by atoms with Crippen LogP contribution in [0.25, 0.3) is 10.9 Å². The van der Waals surface area contributed by atoms with Crippen molar-refractivity contribution in [2.24, 2.45) is 0 Å². The molecule has 0 radical (unpaired) electrons. The molecule has 1 heterocycles. The van der Waals surface area contributed by atoms with Crippen molar-refractivity contribution in [1.29, 1.82) is 0 Å². The molecular weight excluding hydrogens is 330 g/mol. The maximum atomic E-state index is 13.8. The molecule has 0 bridgehead atoms. The van der Waals surface area contributed by atoms with Crippen LogP contribution in [-0.4, -0.2) is 9.55 Å². The quantitative estimate of drug-likeness (QED) is 0.396. The number of hydrogen-bond acceptors (Lipinski definition) is 3. The van der Waals surface area contributed by atoms with Gasteiger partial charge in [-0.2, -0.15) is 0 Å². The van der Waals surface area contributed by atoms with E-state index in [9.17, 15) is 13.6 Å². The molecule has 0 atom stereocenters. The lowest BCUT2D eigenvalue weighted by atomic mass is 10.2. The Balaban J connectivity index is 2.01. The number of thioether (sulfide) groups is 1. The largest absolute Gasteiger partial charge is 0.283 e. The van der Waals surface area contributed by atoms with E-state index in [1.165, 1.54) is 28.5 Å². The molecule has 0 unspecified atom stereocenters. The van der Waals surface area contributed by atoms with Crippen LogP contribution in [0.3, 0.4) is 0 Å². The second-order valence-corrected chi connectivity index (χ2v) is 6.06. The summed E-state index contributed by atoms with van der Waals surface area (Å²) in [4.78, 5) is 17.1. The highest BCUT2D eigenvalue weighted by molar-refractivity contribution is 7.98. The van der Waals surface area contributed by atoms with E-state index in [-0.39, 0.29) is 16.9 Å². The number of nitrogens with zero attached hydrogens (tertiary/aromatic N) is 2. The topological polar surface area (TPSA) is 34.9 Å². The second kappa shape index (κ2) is 6.97. The van der Waals surface area contributed by atoms with Gasteiger partial charge in [-0.15, -0.1) is 6.58 Å². The fraction of sp³-hybridized carbons (Fsp3) is 0.111. The zero-order valence-electron chi connectivity index (χ0n) is 12.7. The number of hydrogen-bond donors (Lipinski definition) is 0. The van der Waals surface area contributed by atoms with E-state index < -0.39 is 11.6 Å². The Labute approximate surface area is 141 Å². The van der Waals surface area contributed by atoms with Gasteiger partial charge in [0.25, 0.3) is 5.56 Å². The Bertz CT molecular complexity index is 969. The summed E-state index contributed by atoms with van der Waals surface area (Å²) < 4.78 is 28.6. The number of rotatable bonds is 5. The molecule has 0 spiro atoms. The summed E-state index contributed by atoms with van der Waals surface area (Å²) >= 11 is 1.19. The van der Waals surface area contributed by atoms with Crippen LogP contribution in [0.4, 0.5) is 8.78 Å². The lowest BCUT2D eigenvalue weighted by Gasteiger charge is -2.11. The first-order chi connectivity index (χ1) is 11.6. The highest BCUT2D eigenvalue weighted by Crippen LogP contribution is 2.24. The zero-order valence-corrected chi connectivity index (χ0v) is 13.5. The van der Waals surface area contributed by atoms with Crippen LogP contribution in [0.15, 0.2) is 65.1 Å². The molecule has 0 aliphatic heterocycles. The number of benzene rings is 2. The Morgan fingerprint density at radius 1 is 1.17 bits per heavy atom. The Hall–Kier alpha value is -2.47. The summed E-state index contributed by atoms with van der Waals surface area (Å²) in [5.74, 6) is -1.59. The molecule has 0 aliphatic rings. The zero-order chi connectivity index (χ0) is 17.1. The summed E-state index contributed by atoms with van der Waals surface area (Å²) in [5, 5.41) is 0.961. The third-order valence-electron chi connectivity index (χ3n) is 3.53. The molecular formula is C18H14F2N2OS. The SMILES string of the molecule is C=CCn1c(SCc2cccc(F)c2F)nc2ccccc2c1=O. The number of fused-ring (bicyclic) bond motifs is 1. The van der Waals surface area contributed by atoms with E-state index in [0.717, 1.165) is 6.07 Å². The molecule has 3 nitrogen and oxygen atoms in total. The van der Waals surface area contributed by atoms with Crippen LogP contribution in [0, 0.1) is 11.6 Å². The summed E-state index contributed by atoms with van der Waals surface area (Å²) in [6.45, 7) is 3.95. The summed E-state index contributed by atoms with van der Waals surface area (Å²) in [6.07, 6.45) is 1.60. The van der Waals surface area contributed by atoms with Crippen molar-refractivity contribution < 1.29 is 8.78 Å². The first-order valence-electron chi connectivity index (χ1n) is 7.28. The molecule has 0 aliphatic carbocycles. The van der Waals surface area contributed by atoms with E-state index >= 15 is 0 Å². The predicted molar refractivity (Wildman–Crippen MR) is 92.1 cm³/mol. The molecule has 0 N–H and O–H groups in total. The van der Waals surface area contributed by atoms with Gasteiger partial charge in [0.2, 0.25) is 0 Å². The van der Waals surface area contributed by atoms with Crippen LogP contribution in [0.2, 0.25) is 0 Å². The average molecular weight is 344 g/mol. The van der Waals surface area contributed by atoms with Crippen molar-refractivity contribution in [2.75, 3.05) is 0 Å². The van der Waals surface area contributed by atoms with Gasteiger partial charge in [-0.25, -0.2) is 13.8 Å². The first kappa shape index (κ1) is 16.4. The third-order valence-corrected chi connectivity index (χ3v) is 4.55. The molecule has 0 amide bonds. The normalized spacial score (nSPS) is 10.9. The van der Waals surface area contributed by atoms with Gasteiger partial charge < -0.3 is 0 Å². The van der Waals surface area contributed by atoms with Gasteiger partial charge in [0, 0.05) is 17.9 Å². The molecule has 0 saturated carbocycles. The van der Waals surface area contributed by atoms with Gasteiger partial charge >= 0.3 is 0 Å². The van der Waals surface area contributed by atoms with Crippen molar-refractivity contribution in [3.8, 4) is 0 Å². The van der Waals surface area contributed by atoms with E-state index in [1.54, 1.807) is 30.3 Å². The minimum atomic E-state index is -0.886. The molecule has 3 aromatic rings. The molecule has 0 fully saturated rings. The van der Waals surface area contributed by atoms with Gasteiger partial charge in [-0.1, -0.05) is 42.1 Å². The first-order valence-corrected chi connectivity index (χ1v) is 8.26. The van der Waals surface area contributed by atoms with Gasteiger partial charge in [-0.05, 0) is 18.2 Å². The monoisotopic (exact) mass is 344 g/mol. The molecule has 1 aromatic heterocycles. The summed E-state index contributed by atoms with van der Waals surface area (Å²) in [5.41, 5.74) is 0.625. The van der Waals surface area contributed by atoms with Crippen molar-refractivity contribution in [2.45, 2.75) is 17.5 Å². The van der Waals surface area contributed by atoms with Gasteiger partial charge in [0.05, 0.1) is 10.9 Å². The molecule has 6 heteroatoms. The number of para-hydroxylation sites is 1. The van der Waals surface area contributed by atoms with Crippen molar-refractivity contribution in [3.05, 3.63) is 82.7 Å². The predicted octanol–water partition coefficient (Wildman–Crippen LogP) is 4.15. The second-order valence-electron chi connectivity index (χ2n) is 5.12. The molecule has 122 valence electrons. The minimum absolute atomic E-state index is 0.172. The van der Waals surface area contributed by atoms with E-state index in [1.807, 2.05) is 0 Å². The number of aromatic nitrogens is 2. The highest BCUT2D eigenvalue weighted by Gasteiger charge is 2.13. The van der Waals surface area contributed by atoms with Crippen LogP contribution in [0.5, 0.6) is 0 Å². The highest BCUT2D eigenvalue weighted by atomic mass is 32.2. The fourth-order valence-corrected chi connectivity index (χ4v) is 3.33. The van der Waals surface area contributed by atoms with Crippen molar-refractivity contribution >= 4 is 22.7 Å². The smallest absolute Gasteiger partial charge is 0.262 e. The van der Waals surface area contributed by atoms with Crippen LogP contribution >= 0.6 is 11.8 Å². The Kier molecular flexibility index (Phi) is 4.76. The average Bonchev–Trinajstić information content (AvgIpc) is 2.59. The third kappa shape index (κ3) is 3.10. The Morgan fingerprint density at radius 2 is 1.96 bits per heavy atom. The van der Waals surface area contributed by atoms with E-state index in [2.05, 4.69) is 11.6 Å². The van der Waals surface area contributed by atoms with Gasteiger partial charge in [0.1, 0.15) is 0 Å². The van der Waals surface area contributed by atoms with E-state index in [0.29, 0.717) is 22.6 Å². The molecule has 24 heavy (non-hydrogen) atoms. The number of halogens is 2. The van der Waals surface area contributed by atoms with Gasteiger partial charge in [0.15, 0.2) is 16.8 Å². The summed E-state index contributed by atoms with van der Waals surface area (Å²) in [7, 11) is 0. The van der Waals surface area contributed by atoms with E-state index in [4.69, 9.17) is 0 Å². The Morgan fingerprint density at radius 3 is 2.75 bits per heavy atom.